The third-order valence-electron chi connectivity index (χ3n) is 4.82. The number of benzene rings is 2. The van der Waals surface area contributed by atoms with Gasteiger partial charge in [-0.3, -0.25) is 4.99 Å². The van der Waals surface area contributed by atoms with Gasteiger partial charge in [0.25, 0.3) is 0 Å². The minimum Gasteiger partial charge on any atom is -0.496 e. The fourth-order valence-corrected chi connectivity index (χ4v) is 5.49. The molecule has 6 nitrogen and oxygen atoms in total. The molecule has 1 saturated heterocycles. The van der Waals surface area contributed by atoms with Gasteiger partial charge >= 0.3 is 0 Å². The van der Waals surface area contributed by atoms with Crippen LogP contribution in [0, 0.1) is 0 Å². The third kappa shape index (κ3) is 4.43. The smallest absolute Gasteiger partial charge is 0.152 e. The standard InChI is InChI=1S/C21H20BrN3O3S/c1-28-20-8-7-15(11-19(20)22)21-16(12-23-17-9-10-29(26,27)14-17)13-25(24-21)18-5-3-2-4-6-18/h2-8,11-13,17H,9-10,14H2,1H3/t17-/m0/s1. The molecular formula is C21H20BrN3O3S. The molecule has 0 amide bonds. The number of methoxy groups -OCH3 is 1. The lowest BCUT2D eigenvalue weighted by molar-refractivity contribution is 0.412. The van der Waals surface area contributed by atoms with E-state index < -0.39 is 9.84 Å². The lowest BCUT2D eigenvalue weighted by atomic mass is 10.1. The summed E-state index contributed by atoms with van der Waals surface area (Å²) in [6.07, 6.45) is 4.22. The van der Waals surface area contributed by atoms with Crippen LogP contribution in [0.5, 0.6) is 5.75 Å². The van der Waals surface area contributed by atoms with Gasteiger partial charge in [0.15, 0.2) is 9.84 Å². The van der Waals surface area contributed by atoms with Crippen molar-refractivity contribution in [2.24, 2.45) is 4.99 Å². The fourth-order valence-electron chi connectivity index (χ4n) is 3.31. The van der Waals surface area contributed by atoms with Gasteiger partial charge in [0.1, 0.15) is 11.4 Å². The number of nitrogens with zero attached hydrogens (tertiary/aromatic N) is 3. The van der Waals surface area contributed by atoms with Gasteiger partial charge in [0, 0.05) is 23.5 Å². The van der Waals surface area contributed by atoms with Gasteiger partial charge in [-0.15, -0.1) is 0 Å². The Bertz CT molecular complexity index is 1160. The molecule has 4 rings (SSSR count). The number of hydrogen-bond donors (Lipinski definition) is 0. The van der Waals surface area contributed by atoms with Crippen molar-refractivity contribution in [2.75, 3.05) is 18.6 Å². The van der Waals surface area contributed by atoms with E-state index in [1.807, 2.05) is 54.7 Å². The second kappa shape index (κ2) is 8.12. The van der Waals surface area contributed by atoms with E-state index in [9.17, 15) is 8.42 Å². The number of para-hydroxylation sites is 1. The molecule has 0 aliphatic carbocycles. The summed E-state index contributed by atoms with van der Waals surface area (Å²) in [4.78, 5) is 4.54. The number of halogens is 1. The van der Waals surface area contributed by atoms with Crippen molar-refractivity contribution in [1.82, 2.24) is 9.78 Å². The molecule has 8 heteroatoms. The Hall–Kier alpha value is -2.45. The summed E-state index contributed by atoms with van der Waals surface area (Å²) in [5.41, 5.74) is 3.44. The van der Waals surface area contributed by atoms with Crippen LogP contribution >= 0.6 is 15.9 Å². The van der Waals surface area contributed by atoms with Crippen LogP contribution in [0.2, 0.25) is 0 Å². The highest BCUT2D eigenvalue weighted by Crippen LogP contribution is 2.31. The summed E-state index contributed by atoms with van der Waals surface area (Å²) in [6, 6.07) is 15.4. The Morgan fingerprint density at radius 2 is 2.03 bits per heavy atom. The van der Waals surface area contributed by atoms with Gasteiger partial charge in [-0.1, -0.05) is 18.2 Å². The van der Waals surface area contributed by atoms with E-state index in [-0.39, 0.29) is 17.5 Å². The predicted molar refractivity (Wildman–Crippen MR) is 118 cm³/mol. The first-order valence-corrected chi connectivity index (χ1v) is 11.8. The van der Waals surface area contributed by atoms with Crippen molar-refractivity contribution < 1.29 is 13.2 Å². The average Bonchev–Trinajstić information content (AvgIpc) is 3.30. The SMILES string of the molecule is COc1ccc(-c2nn(-c3ccccc3)cc2C=N[C@H]2CCS(=O)(=O)C2)cc1Br. The van der Waals surface area contributed by atoms with Crippen molar-refractivity contribution >= 4 is 32.0 Å². The Morgan fingerprint density at radius 1 is 1.24 bits per heavy atom. The summed E-state index contributed by atoms with van der Waals surface area (Å²) in [7, 11) is -1.35. The lowest BCUT2D eigenvalue weighted by Crippen LogP contribution is -2.07. The van der Waals surface area contributed by atoms with Gasteiger partial charge in [-0.2, -0.15) is 5.10 Å². The van der Waals surface area contributed by atoms with Gasteiger partial charge < -0.3 is 4.74 Å². The molecule has 1 aliphatic heterocycles. The summed E-state index contributed by atoms with van der Waals surface area (Å²) in [6.45, 7) is 0. The van der Waals surface area contributed by atoms with Gasteiger partial charge in [-0.25, -0.2) is 13.1 Å². The maximum absolute atomic E-state index is 11.7. The summed E-state index contributed by atoms with van der Waals surface area (Å²) >= 11 is 3.53. The van der Waals surface area contributed by atoms with E-state index in [1.54, 1.807) is 18.0 Å². The van der Waals surface area contributed by atoms with E-state index in [4.69, 9.17) is 9.84 Å². The number of rotatable bonds is 5. The first-order valence-electron chi connectivity index (χ1n) is 9.18. The van der Waals surface area contributed by atoms with E-state index in [0.29, 0.717) is 6.42 Å². The molecule has 29 heavy (non-hydrogen) atoms. The minimum absolute atomic E-state index is 0.111. The van der Waals surface area contributed by atoms with Gasteiger partial charge in [0.2, 0.25) is 0 Å². The van der Waals surface area contributed by atoms with Crippen molar-refractivity contribution in [3.8, 4) is 22.7 Å². The fraction of sp³-hybridized carbons (Fsp3) is 0.238. The zero-order chi connectivity index (χ0) is 20.4. The highest BCUT2D eigenvalue weighted by atomic mass is 79.9. The lowest BCUT2D eigenvalue weighted by Gasteiger charge is -2.06. The average molecular weight is 474 g/mol. The van der Waals surface area contributed by atoms with Gasteiger partial charge in [0.05, 0.1) is 34.8 Å². The number of hydrogen-bond acceptors (Lipinski definition) is 5. The molecule has 0 N–H and O–H groups in total. The van der Waals surface area contributed by atoms with E-state index >= 15 is 0 Å². The Morgan fingerprint density at radius 3 is 2.69 bits per heavy atom. The molecule has 0 unspecified atom stereocenters. The summed E-state index contributed by atoms with van der Waals surface area (Å²) in [5.74, 6) is 1.05. The Kier molecular flexibility index (Phi) is 5.56. The maximum atomic E-state index is 11.7. The van der Waals surface area contributed by atoms with Crippen molar-refractivity contribution in [3.63, 3.8) is 0 Å². The molecule has 1 aromatic heterocycles. The molecule has 2 aromatic carbocycles. The van der Waals surface area contributed by atoms with Crippen LogP contribution in [0.4, 0.5) is 0 Å². The molecule has 2 heterocycles. The minimum atomic E-state index is -2.97. The second-order valence-electron chi connectivity index (χ2n) is 6.90. The number of ether oxygens (including phenoxy) is 1. The van der Waals surface area contributed by atoms with Crippen LogP contribution in [-0.2, 0) is 9.84 Å². The van der Waals surface area contributed by atoms with Crippen LogP contribution < -0.4 is 4.74 Å². The van der Waals surface area contributed by atoms with Crippen LogP contribution in [0.15, 0.2) is 64.2 Å². The molecule has 0 bridgehead atoms. The van der Waals surface area contributed by atoms with E-state index in [2.05, 4.69) is 20.9 Å². The first-order chi connectivity index (χ1) is 13.9. The molecule has 0 saturated carbocycles. The van der Waals surface area contributed by atoms with Crippen LogP contribution in [-0.4, -0.2) is 49.1 Å². The van der Waals surface area contributed by atoms with E-state index in [1.165, 1.54) is 0 Å². The topological polar surface area (TPSA) is 73.5 Å². The summed E-state index contributed by atoms with van der Waals surface area (Å²) in [5, 5.41) is 4.77. The first kappa shape index (κ1) is 19.8. The van der Waals surface area contributed by atoms with Crippen LogP contribution in [0.25, 0.3) is 16.9 Å². The monoisotopic (exact) mass is 473 g/mol. The molecule has 1 atom stereocenters. The quantitative estimate of drug-likeness (QED) is 0.526. The van der Waals surface area contributed by atoms with Crippen LogP contribution in [0.3, 0.4) is 0 Å². The zero-order valence-corrected chi connectivity index (χ0v) is 18.2. The molecule has 1 aliphatic rings. The number of aromatic nitrogens is 2. The molecule has 0 spiro atoms. The third-order valence-corrected chi connectivity index (χ3v) is 7.19. The maximum Gasteiger partial charge on any atom is 0.152 e. The van der Waals surface area contributed by atoms with Gasteiger partial charge in [-0.05, 0) is 52.7 Å². The molecular weight excluding hydrogens is 454 g/mol. The van der Waals surface area contributed by atoms with Crippen molar-refractivity contribution in [1.29, 1.82) is 0 Å². The number of aliphatic imine (C=N–C) groups is 1. The largest absolute Gasteiger partial charge is 0.496 e. The second-order valence-corrected chi connectivity index (χ2v) is 9.98. The molecule has 1 fully saturated rings. The predicted octanol–water partition coefficient (Wildman–Crippen LogP) is 3.92. The normalized spacial score (nSPS) is 18.3. The highest BCUT2D eigenvalue weighted by molar-refractivity contribution is 9.10. The number of sulfone groups is 1. The molecule has 0 radical (unpaired) electrons. The van der Waals surface area contributed by atoms with Crippen molar-refractivity contribution in [2.45, 2.75) is 12.5 Å². The molecule has 3 aromatic rings. The zero-order valence-electron chi connectivity index (χ0n) is 15.8. The van der Waals surface area contributed by atoms with Crippen molar-refractivity contribution in [3.05, 3.63) is 64.8 Å². The Balaban J connectivity index is 1.74. The van der Waals surface area contributed by atoms with Crippen LogP contribution in [0.1, 0.15) is 12.0 Å². The van der Waals surface area contributed by atoms with E-state index in [0.717, 1.165) is 32.7 Å². The highest BCUT2D eigenvalue weighted by Gasteiger charge is 2.27. The molecule has 150 valence electrons. The summed E-state index contributed by atoms with van der Waals surface area (Å²) < 4.78 is 31.4. The Labute approximate surface area is 178 Å².